The Morgan fingerprint density at radius 2 is 2.04 bits per heavy atom. The molecule has 2 aromatic heterocycles. The first-order valence-corrected chi connectivity index (χ1v) is 8.79. The zero-order valence-corrected chi connectivity index (χ0v) is 15.4. The average molecular weight is 356 g/mol. The third-order valence-corrected chi connectivity index (χ3v) is 4.22. The summed E-state index contributed by atoms with van der Waals surface area (Å²) in [4.78, 5) is 4.26. The Kier molecular flexibility index (Phi) is 5.23. The topological polar surface area (TPSA) is 65.4 Å². The van der Waals surface area contributed by atoms with Gasteiger partial charge in [0.05, 0.1) is 11.9 Å². The van der Waals surface area contributed by atoms with Gasteiger partial charge in [-0.05, 0) is 43.5 Å². The van der Waals surface area contributed by atoms with E-state index in [2.05, 4.69) is 23.9 Å². The maximum atomic E-state index is 13.6. The SMILES string of the molecule is CC(C)C[C@](C)(N)COc1ccc(-c2ccnc3ccnn23)cc1CF. The Labute approximate surface area is 153 Å². The highest BCUT2D eigenvalue weighted by Gasteiger charge is 2.22. The molecule has 1 atom stereocenters. The third-order valence-electron chi connectivity index (χ3n) is 4.22. The maximum Gasteiger partial charge on any atom is 0.155 e. The van der Waals surface area contributed by atoms with Crippen molar-refractivity contribution in [3.8, 4) is 17.0 Å². The lowest BCUT2D eigenvalue weighted by Crippen LogP contribution is -2.43. The van der Waals surface area contributed by atoms with Crippen molar-refractivity contribution in [2.45, 2.75) is 39.4 Å². The standard InChI is InChI=1S/C20H25FN4O/c1-14(2)11-20(3,22)13-26-18-5-4-15(10-16(18)12-21)17-6-8-23-19-7-9-24-25(17)19/h4-10,14H,11-13,22H2,1-3H3/t20-/m0/s1. The number of aromatic nitrogens is 3. The summed E-state index contributed by atoms with van der Waals surface area (Å²) in [6.45, 7) is 5.94. The zero-order valence-electron chi connectivity index (χ0n) is 15.4. The predicted octanol–water partition coefficient (Wildman–Crippen LogP) is 4.01. The van der Waals surface area contributed by atoms with Crippen LogP contribution in [-0.4, -0.2) is 26.7 Å². The average Bonchev–Trinajstić information content (AvgIpc) is 3.07. The van der Waals surface area contributed by atoms with Crippen LogP contribution in [0.4, 0.5) is 4.39 Å². The number of benzene rings is 1. The summed E-state index contributed by atoms with van der Waals surface area (Å²) < 4.78 is 21.2. The lowest BCUT2D eigenvalue weighted by molar-refractivity contribution is 0.204. The van der Waals surface area contributed by atoms with E-state index in [9.17, 15) is 4.39 Å². The van der Waals surface area contributed by atoms with Crippen LogP contribution in [0.15, 0.2) is 42.7 Å². The molecule has 0 saturated carbocycles. The fourth-order valence-corrected chi connectivity index (χ4v) is 3.27. The van der Waals surface area contributed by atoms with Gasteiger partial charge in [0.2, 0.25) is 0 Å². The molecule has 2 heterocycles. The number of nitrogens with two attached hydrogens (primary N) is 1. The lowest BCUT2D eigenvalue weighted by atomic mass is 9.93. The second kappa shape index (κ2) is 7.41. The highest BCUT2D eigenvalue weighted by Crippen LogP contribution is 2.28. The second-order valence-corrected chi connectivity index (χ2v) is 7.43. The van der Waals surface area contributed by atoms with Gasteiger partial charge in [-0.1, -0.05) is 13.8 Å². The number of halogens is 1. The molecule has 1 aromatic carbocycles. The molecule has 0 fully saturated rings. The van der Waals surface area contributed by atoms with E-state index in [4.69, 9.17) is 10.5 Å². The summed E-state index contributed by atoms with van der Waals surface area (Å²) in [7, 11) is 0. The molecule has 0 saturated heterocycles. The van der Waals surface area contributed by atoms with E-state index in [-0.39, 0.29) is 0 Å². The summed E-state index contributed by atoms with van der Waals surface area (Å²) in [6, 6.07) is 9.18. The molecule has 2 N–H and O–H groups in total. The molecule has 0 unspecified atom stereocenters. The third kappa shape index (κ3) is 4.02. The normalized spacial score (nSPS) is 13.9. The monoisotopic (exact) mass is 356 g/mol. The van der Waals surface area contributed by atoms with Crippen molar-refractivity contribution in [2.24, 2.45) is 11.7 Å². The molecule has 0 aliphatic rings. The Morgan fingerprint density at radius 1 is 1.23 bits per heavy atom. The van der Waals surface area contributed by atoms with Gasteiger partial charge in [-0.25, -0.2) is 13.9 Å². The molecule has 0 aliphatic carbocycles. The van der Waals surface area contributed by atoms with E-state index in [1.54, 1.807) is 29.0 Å². The Hall–Kier alpha value is -2.47. The van der Waals surface area contributed by atoms with Gasteiger partial charge >= 0.3 is 0 Å². The van der Waals surface area contributed by atoms with E-state index in [0.29, 0.717) is 23.8 Å². The molecule has 0 radical (unpaired) electrons. The molecule has 0 aliphatic heterocycles. The number of alkyl halides is 1. The van der Waals surface area contributed by atoms with Gasteiger partial charge in [-0.2, -0.15) is 5.10 Å². The van der Waals surface area contributed by atoms with Gasteiger partial charge < -0.3 is 10.5 Å². The summed E-state index contributed by atoms with van der Waals surface area (Å²) in [5.74, 6) is 1.00. The fourth-order valence-electron chi connectivity index (χ4n) is 3.27. The number of nitrogens with zero attached hydrogens (tertiary/aromatic N) is 3. The number of fused-ring (bicyclic) bond motifs is 1. The van der Waals surface area contributed by atoms with Crippen molar-refractivity contribution < 1.29 is 9.13 Å². The molecule has 0 amide bonds. The maximum absolute atomic E-state index is 13.6. The Bertz CT molecular complexity index is 888. The molecular formula is C20H25FN4O. The Balaban J connectivity index is 1.85. The van der Waals surface area contributed by atoms with Gasteiger partial charge in [0.1, 0.15) is 19.0 Å². The van der Waals surface area contributed by atoms with E-state index in [0.717, 1.165) is 23.3 Å². The minimum atomic E-state index is -0.609. The molecule has 6 heteroatoms. The van der Waals surface area contributed by atoms with Gasteiger partial charge in [-0.3, -0.25) is 0 Å². The van der Waals surface area contributed by atoms with Crippen molar-refractivity contribution in [1.29, 1.82) is 0 Å². The molecule has 26 heavy (non-hydrogen) atoms. The number of rotatable bonds is 7. The lowest BCUT2D eigenvalue weighted by Gasteiger charge is -2.27. The van der Waals surface area contributed by atoms with Crippen molar-refractivity contribution in [3.05, 3.63) is 48.3 Å². The van der Waals surface area contributed by atoms with Crippen LogP contribution < -0.4 is 10.5 Å². The number of ether oxygens (including phenoxy) is 1. The highest BCUT2D eigenvalue weighted by molar-refractivity contribution is 5.64. The van der Waals surface area contributed by atoms with E-state index >= 15 is 0 Å². The predicted molar refractivity (Wildman–Crippen MR) is 101 cm³/mol. The summed E-state index contributed by atoms with van der Waals surface area (Å²) in [5.41, 5.74) is 8.80. The van der Waals surface area contributed by atoms with Crippen LogP contribution in [0.2, 0.25) is 0 Å². The first-order valence-electron chi connectivity index (χ1n) is 8.79. The number of hydrogen-bond acceptors (Lipinski definition) is 4. The minimum absolute atomic E-state index is 0.343. The van der Waals surface area contributed by atoms with Crippen molar-refractivity contribution in [2.75, 3.05) is 6.61 Å². The first kappa shape index (κ1) is 18.3. The smallest absolute Gasteiger partial charge is 0.155 e. The Morgan fingerprint density at radius 3 is 2.77 bits per heavy atom. The van der Waals surface area contributed by atoms with Crippen molar-refractivity contribution in [1.82, 2.24) is 14.6 Å². The van der Waals surface area contributed by atoms with E-state index < -0.39 is 12.2 Å². The van der Waals surface area contributed by atoms with E-state index in [1.807, 2.05) is 25.1 Å². The second-order valence-electron chi connectivity index (χ2n) is 7.43. The van der Waals surface area contributed by atoms with Crippen LogP contribution in [0.5, 0.6) is 5.75 Å². The molecule has 138 valence electrons. The molecule has 3 aromatic rings. The van der Waals surface area contributed by atoms with Crippen LogP contribution in [-0.2, 0) is 6.67 Å². The van der Waals surface area contributed by atoms with Gasteiger partial charge in [0.15, 0.2) is 5.65 Å². The zero-order chi connectivity index (χ0) is 18.7. The summed E-state index contributed by atoms with van der Waals surface area (Å²) >= 11 is 0. The van der Waals surface area contributed by atoms with Gasteiger partial charge in [0, 0.05) is 28.9 Å². The highest BCUT2D eigenvalue weighted by atomic mass is 19.1. The van der Waals surface area contributed by atoms with E-state index in [1.165, 1.54) is 0 Å². The fraction of sp³-hybridized carbons (Fsp3) is 0.400. The minimum Gasteiger partial charge on any atom is -0.491 e. The molecule has 0 bridgehead atoms. The summed E-state index contributed by atoms with van der Waals surface area (Å²) in [5, 5.41) is 4.28. The first-order chi connectivity index (χ1) is 12.4. The number of hydrogen-bond donors (Lipinski definition) is 1. The van der Waals surface area contributed by atoms with Crippen LogP contribution in [0, 0.1) is 5.92 Å². The molecule has 5 nitrogen and oxygen atoms in total. The van der Waals surface area contributed by atoms with Crippen LogP contribution in [0.1, 0.15) is 32.8 Å². The largest absolute Gasteiger partial charge is 0.491 e. The van der Waals surface area contributed by atoms with Crippen molar-refractivity contribution >= 4 is 5.65 Å². The quantitative estimate of drug-likeness (QED) is 0.695. The summed E-state index contributed by atoms with van der Waals surface area (Å²) in [6.07, 6.45) is 4.25. The molecule has 0 spiro atoms. The van der Waals surface area contributed by atoms with Crippen LogP contribution in [0.25, 0.3) is 16.9 Å². The van der Waals surface area contributed by atoms with Gasteiger partial charge in [0.25, 0.3) is 0 Å². The molecule has 3 rings (SSSR count). The molecular weight excluding hydrogens is 331 g/mol. The van der Waals surface area contributed by atoms with Crippen LogP contribution in [0.3, 0.4) is 0 Å². The van der Waals surface area contributed by atoms with Gasteiger partial charge in [-0.15, -0.1) is 0 Å². The van der Waals surface area contributed by atoms with Crippen molar-refractivity contribution in [3.63, 3.8) is 0 Å². The van der Waals surface area contributed by atoms with Crippen LogP contribution >= 0.6 is 0 Å².